The zero-order valence-corrected chi connectivity index (χ0v) is 10.4. The molecule has 0 radical (unpaired) electrons. The van der Waals surface area contributed by atoms with E-state index in [2.05, 4.69) is 14.5 Å². The largest absolute Gasteiger partial charge is 0.573 e. The maximum absolute atomic E-state index is 12.4. The standard InChI is InChI=1S/C11H13F3N2O3/c1-6-7(4-15)5-16-8(3-9(17)18-2)10(6)19-11(12,13)14/h5H,3-4,15H2,1-2H3. The molecule has 0 amide bonds. The van der Waals surface area contributed by atoms with Gasteiger partial charge in [-0.15, -0.1) is 13.2 Å². The minimum Gasteiger partial charge on any atom is -0.469 e. The first kappa shape index (κ1) is 15.2. The van der Waals surface area contributed by atoms with Crippen molar-refractivity contribution in [3.63, 3.8) is 0 Å². The van der Waals surface area contributed by atoms with Crippen LogP contribution < -0.4 is 10.5 Å². The molecule has 1 heterocycles. The molecule has 1 rings (SSSR count). The molecule has 19 heavy (non-hydrogen) atoms. The van der Waals surface area contributed by atoms with E-state index in [0.717, 1.165) is 7.11 Å². The highest BCUT2D eigenvalue weighted by atomic mass is 19.4. The normalized spacial score (nSPS) is 11.3. The van der Waals surface area contributed by atoms with Crippen LogP contribution in [-0.2, 0) is 22.5 Å². The van der Waals surface area contributed by atoms with Gasteiger partial charge in [0.05, 0.1) is 19.2 Å². The van der Waals surface area contributed by atoms with Gasteiger partial charge in [0, 0.05) is 12.7 Å². The van der Waals surface area contributed by atoms with Crippen LogP contribution in [-0.4, -0.2) is 24.4 Å². The van der Waals surface area contributed by atoms with Crippen molar-refractivity contribution >= 4 is 5.97 Å². The number of nitrogens with two attached hydrogens (primary N) is 1. The summed E-state index contributed by atoms with van der Waals surface area (Å²) in [5, 5.41) is 0. The first-order chi connectivity index (χ1) is 8.78. The van der Waals surface area contributed by atoms with Crippen molar-refractivity contribution < 1.29 is 27.4 Å². The summed E-state index contributed by atoms with van der Waals surface area (Å²) in [4.78, 5) is 14.9. The van der Waals surface area contributed by atoms with E-state index in [0.29, 0.717) is 5.56 Å². The Bertz CT molecular complexity index is 475. The molecule has 1 aromatic rings. The van der Waals surface area contributed by atoms with Gasteiger partial charge in [0.15, 0.2) is 5.75 Å². The van der Waals surface area contributed by atoms with Crippen molar-refractivity contribution in [1.29, 1.82) is 0 Å². The van der Waals surface area contributed by atoms with Gasteiger partial charge in [0.25, 0.3) is 0 Å². The molecule has 1 aromatic heterocycles. The van der Waals surface area contributed by atoms with Gasteiger partial charge in [-0.05, 0) is 18.1 Å². The first-order valence-corrected chi connectivity index (χ1v) is 5.28. The van der Waals surface area contributed by atoms with Crippen LogP contribution in [0, 0.1) is 6.92 Å². The molecule has 0 aliphatic carbocycles. The van der Waals surface area contributed by atoms with Crippen molar-refractivity contribution in [3.05, 3.63) is 23.0 Å². The number of hydrogen-bond acceptors (Lipinski definition) is 5. The number of hydrogen-bond donors (Lipinski definition) is 1. The molecule has 0 bridgehead atoms. The molecule has 0 aromatic carbocycles. The van der Waals surface area contributed by atoms with Crippen LogP contribution in [0.25, 0.3) is 0 Å². The number of pyridine rings is 1. The summed E-state index contributed by atoms with van der Waals surface area (Å²) in [5.74, 6) is -1.21. The molecule has 0 spiro atoms. The Labute approximate surface area is 107 Å². The van der Waals surface area contributed by atoms with Gasteiger partial charge in [-0.2, -0.15) is 0 Å². The van der Waals surface area contributed by atoms with Gasteiger partial charge in [-0.1, -0.05) is 0 Å². The van der Waals surface area contributed by atoms with Gasteiger partial charge in [-0.3, -0.25) is 9.78 Å². The van der Waals surface area contributed by atoms with E-state index in [1.54, 1.807) is 0 Å². The fourth-order valence-corrected chi connectivity index (χ4v) is 1.47. The maximum atomic E-state index is 12.4. The minimum atomic E-state index is -4.87. The molecule has 0 saturated carbocycles. The lowest BCUT2D eigenvalue weighted by Gasteiger charge is -2.16. The highest BCUT2D eigenvalue weighted by molar-refractivity contribution is 5.73. The molecule has 0 atom stereocenters. The fourth-order valence-electron chi connectivity index (χ4n) is 1.47. The number of rotatable bonds is 4. The highest BCUT2D eigenvalue weighted by Crippen LogP contribution is 2.30. The van der Waals surface area contributed by atoms with Crippen molar-refractivity contribution in [3.8, 4) is 5.75 Å². The molecule has 0 aliphatic rings. The van der Waals surface area contributed by atoms with Gasteiger partial charge in [0.1, 0.15) is 0 Å². The Balaban J connectivity index is 3.22. The highest BCUT2D eigenvalue weighted by Gasteiger charge is 2.34. The summed E-state index contributed by atoms with van der Waals surface area (Å²) in [6.07, 6.45) is -3.96. The molecule has 0 aliphatic heterocycles. The van der Waals surface area contributed by atoms with Crippen molar-refractivity contribution in [2.24, 2.45) is 5.73 Å². The summed E-state index contributed by atoms with van der Waals surface area (Å²) in [7, 11) is 1.13. The van der Waals surface area contributed by atoms with E-state index in [9.17, 15) is 18.0 Å². The van der Waals surface area contributed by atoms with Gasteiger partial charge in [0.2, 0.25) is 0 Å². The Morgan fingerprint density at radius 2 is 2.11 bits per heavy atom. The zero-order chi connectivity index (χ0) is 14.6. The second-order valence-corrected chi connectivity index (χ2v) is 3.69. The Kier molecular flexibility index (Phi) is 4.71. The molecule has 5 nitrogen and oxygen atoms in total. The number of methoxy groups -OCH3 is 1. The lowest BCUT2D eigenvalue weighted by atomic mass is 10.1. The second kappa shape index (κ2) is 5.87. The number of alkyl halides is 3. The summed E-state index contributed by atoms with van der Waals surface area (Å²) in [5.41, 5.74) is 5.87. The molecule has 106 valence electrons. The van der Waals surface area contributed by atoms with E-state index in [-0.39, 0.29) is 17.8 Å². The average Bonchev–Trinajstić information content (AvgIpc) is 2.32. The number of ether oxygens (including phenoxy) is 2. The van der Waals surface area contributed by atoms with Crippen LogP contribution >= 0.6 is 0 Å². The number of esters is 1. The summed E-state index contributed by atoms with van der Waals surface area (Å²) in [6, 6.07) is 0. The minimum absolute atomic E-state index is 0.0194. The second-order valence-electron chi connectivity index (χ2n) is 3.69. The first-order valence-electron chi connectivity index (χ1n) is 5.28. The zero-order valence-electron chi connectivity index (χ0n) is 10.4. The maximum Gasteiger partial charge on any atom is 0.573 e. The third-order valence-electron chi connectivity index (χ3n) is 2.44. The third kappa shape index (κ3) is 4.09. The molecular weight excluding hydrogens is 265 g/mol. The molecule has 0 saturated heterocycles. The Morgan fingerprint density at radius 1 is 1.47 bits per heavy atom. The predicted molar refractivity (Wildman–Crippen MR) is 59.3 cm³/mol. The molecule has 0 unspecified atom stereocenters. The average molecular weight is 278 g/mol. The lowest BCUT2D eigenvalue weighted by Crippen LogP contribution is -2.21. The lowest BCUT2D eigenvalue weighted by molar-refractivity contribution is -0.275. The van der Waals surface area contributed by atoms with Gasteiger partial charge < -0.3 is 15.2 Å². The summed E-state index contributed by atoms with van der Waals surface area (Å²) < 4.78 is 45.4. The monoisotopic (exact) mass is 278 g/mol. The number of carbonyl (C=O) groups excluding carboxylic acids is 1. The van der Waals surface area contributed by atoms with E-state index in [1.165, 1.54) is 13.1 Å². The van der Waals surface area contributed by atoms with Crippen LogP contribution in [0.15, 0.2) is 6.20 Å². The topological polar surface area (TPSA) is 74.4 Å². The van der Waals surface area contributed by atoms with Crippen LogP contribution in [0.1, 0.15) is 16.8 Å². The van der Waals surface area contributed by atoms with E-state index < -0.39 is 24.5 Å². The predicted octanol–water partition coefficient (Wildman–Crippen LogP) is 1.46. The van der Waals surface area contributed by atoms with Crippen molar-refractivity contribution in [1.82, 2.24) is 4.98 Å². The van der Waals surface area contributed by atoms with E-state index in [1.807, 2.05) is 0 Å². The van der Waals surface area contributed by atoms with Gasteiger partial charge >= 0.3 is 12.3 Å². The van der Waals surface area contributed by atoms with Gasteiger partial charge in [-0.25, -0.2) is 0 Å². The SMILES string of the molecule is COC(=O)Cc1ncc(CN)c(C)c1OC(F)(F)F. The van der Waals surface area contributed by atoms with Crippen LogP contribution in [0.5, 0.6) is 5.75 Å². The Morgan fingerprint density at radius 3 is 2.58 bits per heavy atom. The molecule has 0 fully saturated rings. The van der Waals surface area contributed by atoms with Crippen molar-refractivity contribution in [2.75, 3.05) is 7.11 Å². The van der Waals surface area contributed by atoms with Crippen molar-refractivity contribution in [2.45, 2.75) is 26.3 Å². The van der Waals surface area contributed by atoms with E-state index in [4.69, 9.17) is 5.73 Å². The number of aromatic nitrogens is 1. The Hall–Kier alpha value is -1.83. The van der Waals surface area contributed by atoms with E-state index >= 15 is 0 Å². The quantitative estimate of drug-likeness (QED) is 0.844. The van der Waals surface area contributed by atoms with Crippen LogP contribution in [0.3, 0.4) is 0 Å². The summed E-state index contributed by atoms with van der Waals surface area (Å²) >= 11 is 0. The number of nitrogens with zero attached hydrogens (tertiary/aromatic N) is 1. The van der Waals surface area contributed by atoms with Crippen LogP contribution in [0.2, 0.25) is 0 Å². The number of halogens is 3. The summed E-state index contributed by atoms with van der Waals surface area (Å²) in [6.45, 7) is 1.44. The smallest absolute Gasteiger partial charge is 0.469 e. The molecular formula is C11H13F3N2O3. The fraction of sp³-hybridized carbons (Fsp3) is 0.455. The molecule has 8 heteroatoms. The molecule has 2 N–H and O–H groups in total. The third-order valence-corrected chi connectivity index (χ3v) is 2.44. The van der Waals surface area contributed by atoms with Crippen LogP contribution in [0.4, 0.5) is 13.2 Å². The number of carbonyl (C=O) groups is 1.